The van der Waals surface area contributed by atoms with Crippen LogP contribution in [-0.4, -0.2) is 5.16 Å². The molecule has 3 aromatic rings. The predicted octanol–water partition coefficient (Wildman–Crippen LogP) is 4.47. The minimum atomic E-state index is -0.681. The van der Waals surface area contributed by atoms with Gasteiger partial charge in [0.25, 0.3) is 0 Å². The number of hydrogen-bond donors (Lipinski definition) is 1. The smallest absolute Gasteiger partial charge is 0.176 e. The third-order valence-electron chi connectivity index (χ3n) is 2.96. The Kier molecular flexibility index (Phi) is 3.62. The molecule has 1 aromatic heterocycles. The third-order valence-corrected chi connectivity index (χ3v) is 3.63. The molecule has 0 spiro atoms. The van der Waals surface area contributed by atoms with Crippen molar-refractivity contribution in [1.82, 2.24) is 5.16 Å². The van der Waals surface area contributed by atoms with Crippen molar-refractivity contribution in [3.63, 3.8) is 0 Å². The van der Waals surface area contributed by atoms with Crippen LogP contribution in [0.3, 0.4) is 0 Å². The molecule has 0 bridgehead atoms. The number of anilines is 1. The molecule has 21 heavy (non-hydrogen) atoms. The van der Waals surface area contributed by atoms with Crippen molar-refractivity contribution in [3.05, 3.63) is 57.7 Å². The largest absolute Gasteiger partial charge is 0.380 e. The summed E-state index contributed by atoms with van der Waals surface area (Å²) in [7, 11) is 0. The van der Waals surface area contributed by atoms with E-state index in [-0.39, 0.29) is 5.82 Å². The molecule has 0 saturated heterocycles. The molecule has 0 saturated carbocycles. The summed E-state index contributed by atoms with van der Waals surface area (Å²) in [5, 5.41) is 3.71. The minimum Gasteiger partial charge on any atom is -0.380 e. The standard InChI is InChI=1S/C15H9F2IN2O/c16-10-4-9(5-11(17)7-10)13-14(21-20-15(13)19)8-2-1-3-12(18)6-8/h1-7H,(H2,19,20). The molecule has 2 aromatic carbocycles. The molecule has 0 fully saturated rings. The van der Waals surface area contributed by atoms with Crippen LogP contribution >= 0.6 is 22.6 Å². The Bertz CT molecular complexity index is 797. The Morgan fingerprint density at radius 3 is 2.38 bits per heavy atom. The molecule has 3 nitrogen and oxygen atoms in total. The van der Waals surface area contributed by atoms with Crippen molar-refractivity contribution in [2.24, 2.45) is 0 Å². The van der Waals surface area contributed by atoms with Gasteiger partial charge >= 0.3 is 0 Å². The number of rotatable bonds is 2. The maximum absolute atomic E-state index is 13.4. The van der Waals surface area contributed by atoms with Crippen LogP contribution < -0.4 is 5.73 Å². The first-order valence-electron chi connectivity index (χ1n) is 6.02. The van der Waals surface area contributed by atoms with Gasteiger partial charge in [-0.25, -0.2) is 8.78 Å². The number of aromatic nitrogens is 1. The average Bonchev–Trinajstić information content (AvgIpc) is 2.79. The Morgan fingerprint density at radius 1 is 1.00 bits per heavy atom. The fourth-order valence-electron chi connectivity index (χ4n) is 2.11. The molecular formula is C15H9F2IN2O. The lowest BCUT2D eigenvalue weighted by Crippen LogP contribution is -1.91. The van der Waals surface area contributed by atoms with Crippen molar-refractivity contribution in [2.75, 3.05) is 5.73 Å². The Morgan fingerprint density at radius 2 is 1.71 bits per heavy atom. The SMILES string of the molecule is Nc1noc(-c2cccc(I)c2)c1-c1cc(F)cc(F)c1. The van der Waals surface area contributed by atoms with Gasteiger partial charge in [0.1, 0.15) is 11.6 Å². The van der Waals surface area contributed by atoms with E-state index in [1.165, 1.54) is 12.1 Å². The van der Waals surface area contributed by atoms with Crippen LogP contribution in [0.2, 0.25) is 0 Å². The van der Waals surface area contributed by atoms with E-state index in [2.05, 4.69) is 27.7 Å². The summed E-state index contributed by atoms with van der Waals surface area (Å²) in [6.45, 7) is 0. The Labute approximate surface area is 132 Å². The normalized spacial score (nSPS) is 10.8. The molecule has 2 N–H and O–H groups in total. The highest BCUT2D eigenvalue weighted by Crippen LogP contribution is 2.37. The van der Waals surface area contributed by atoms with Gasteiger partial charge in [0.15, 0.2) is 11.6 Å². The number of halogens is 3. The van der Waals surface area contributed by atoms with Gasteiger partial charge in [-0.05, 0) is 52.4 Å². The number of hydrogen-bond acceptors (Lipinski definition) is 3. The average molecular weight is 398 g/mol. The summed E-state index contributed by atoms with van der Waals surface area (Å²) < 4.78 is 33.1. The Balaban J connectivity index is 2.22. The molecule has 1 heterocycles. The molecule has 0 aliphatic heterocycles. The summed E-state index contributed by atoms with van der Waals surface area (Å²) in [4.78, 5) is 0. The highest BCUT2D eigenvalue weighted by molar-refractivity contribution is 14.1. The van der Waals surface area contributed by atoms with Gasteiger partial charge in [0.05, 0.1) is 5.56 Å². The van der Waals surface area contributed by atoms with E-state index in [9.17, 15) is 8.78 Å². The fraction of sp³-hybridized carbons (Fsp3) is 0. The van der Waals surface area contributed by atoms with E-state index in [4.69, 9.17) is 10.3 Å². The summed E-state index contributed by atoms with van der Waals surface area (Å²) in [5.41, 5.74) is 7.22. The van der Waals surface area contributed by atoms with Gasteiger partial charge in [0.2, 0.25) is 0 Å². The number of benzene rings is 2. The second kappa shape index (κ2) is 5.44. The van der Waals surface area contributed by atoms with Gasteiger partial charge in [-0.2, -0.15) is 0 Å². The fourth-order valence-corrected chi connectivity index (χ4v) is 2.65. The van der Waals surface area contributed by atoms with E-state index in [0.717, 1.165) is 15.2 Å². The highest BCUT2D eigenvalue weighted by atomic mass is 127. The van der Waals surface area contributed by atoms with Crippen molar-refractivity contribution in [3.8, 4) is 22.5 Å². The van der Waals surface area contributed by atoms with Crippen LogP contribution in [0.4, 0.5) is 14.6 Å². The van der Waals surface area contributed by atoms with E-state index in [0.29, 0.717) is 16.9 Å². The van der Waals surface area contributed by atoms with E-state index in [1.807, 2.05) is 24.3 Å². The van der Waals surface area contributed by atoms with Crippen molar-refractivity contribution < 1.29 is 13.3 Å². The monoisotopic (exact) mass is 398 g/mol. The maximum Gasteiger partial charge on any atom is 0.176 e. The zero-order valence-corrected chi connectivity index (χ0v) is 12.8. The minimum absolute atomic E-state index is 0.0915. The van der Waals surface area contributed by atoms with Crippen molar-refractivity contribution >= 4 is 28.4 Å². The third kappa shape index (κ3) is 2.76. The molecule has 6 heteroatoms. The first-order valence-corrected chi connectivity index (χ1v) is 7.10. The van der Waals surface area contributed by atoms with E-state index in [1.54, 1.807) is 0 Å². The Hall–Kier alpha value is -1.96. The van der Waals surface area contributed by atoms with Crippen LogP contribution in [0.5, 0.6) is 0 Å². The van der Waals surface area contributed by atoms with Gasteiger partial charge < -0.3 is 10.3 Å². The van der Waals surface area contributed by atoms with Gasteiger partial charge in [0, 0.05) is 15.2 Å². The lowest BCUT2D eigenvalue weighted by atomic mass is 10.0. The molecule has 0 unspecified atom stereocenters. The summed E-state index contributed by atoms with van der Waals surface area (Å²) >= 11 is 2.16. The van der Waals surface area contributed by atoms with Gasteiger partial charge in [-0.1, -0.05) is 17.3 Å². The lowest BCUT2D eigenvalue weighted by Gasteiger charge is -2.04. The van der Waals surface area contributed by atoms with Crippen LogP contribution in [-0.2, 0) is 0 Å². The molecule has 0 radical (unpaired) electrons. The first-order chi connectivity index (χ1) is 10.0. The van der Waals surface area contributed by atoms with E-state index >= 15 is 0 Å². The molecule has 106 valence electrons. The number of nitrogen functional groups attached to an aromatic ring is 1. The number of nitrogens with zero attached hydrogens (tertiary/aromatic N) is 1. The first kappa shape index (κ1) is 14.0. The molecule has 0 aliphatic rings. The van der Waals surface area contributed by atoms with Gasteiger partial charge in [-0.15, -0.1) is 0 Å². The van der Waals surface area contributed by atoms with Crippen molar-refractivity contribution in [2.45, 2.75) is 0 Å². The summed E-state index contributed by atoms with van der Waals surface area (Å²) in [6, 6.07) is 10.7. The number of nitrogens with two attached hydrogens (primary N) is 1. The molecule has 0 aliphatic carbocycles. The van der Waals surface area contributed by atoms with Crippen LogP contribution in [0.15, 0.2) is 47.0 Å². The topological polar surface area (TPSA) is 52.0 Å². The van der Waals surface area contributed by atoms with E-state index < -0.39 is 11.6 Å². The zero-order valence-electron chi connectivity index (χ0n) is 10.6. The molecule has 3 rings (SSSR count). The summed E-state index contributed by atoms with van der Waals surface area (Å²) in [5.74, 6) is -0.886. The molecule has 0 atom stereocenters. The zero-order chi connectivity index (χ0) is 15.0. The lowest BCUT2D eigenvalue weighted by molar-refractivity contribution is 0.436. The maximum atomic E-state index is 13.4. The van der Waals surface area contributed by atoms with Crippen molar-refractivity contribution in [1.29, 1.82) is 0 Å². The molecular weight excluding hydrogens is 389 g/mol. The van der Waals surface area contributed by atoms with Gasteiger partial charge in [-0.3, -0.25) is 0 Å². The van der Waals surface area contributed by atoms with Crippen LogP contribution in [0.1, 0.15) is 0 Å². The van der Waals surface area contributed by atoms with Crippen LogP contribution in [0.25, 0.3) is 22.5 Å². The second-order valence-electron chi connectivity index (χ2n) is 4.44. The highest BCUT2D eigenvalue weighted by Gasteiger charge is 2.19. The molecule has 0 amide bonds. The quantitative estimate of drug-likeness (QED) is 0.648. The summed E-state index contributed by atoms with van der Waals surface area (Å²) in [6.07, 6.45) is 0. The predicted molar refractivity (Wildman–Crippen MR) is 84.4 cm³/mol. The van der Waals surface area contributed by atoms with Crippen LogP contribution in [0, 0.1) is 15.2 Å². The second-order valence-corrected chi connectivity index (χ2v) is 5.69.